The maximum atomic E-state index is 5.91. The zero-order valence-corrected chi connectivity index (χ0v) is 10.9. The van der Waals surface area contributed by atoms with Crippen molar-refractivity contribution in [2.45, 2.75) is 13.5 Å². The molecular weight excluding hydrogens is 252 g/mol. The highest BCUT2D eigenvalue weighted by molar-refractivity contribution is 6.29. The summed E-state index contributed by atoms with van der Waals surface area (Å²) in [6.07, 6.45) is 0. The van der Waals surface area contributed by atoms with Crippen molar-refractivity contribution in [2.24, 2.45) is 0 Å². The predicted octanol–water partition coefficient (Wildman–Crippen LogP) is 3.38. The molecule has 0 amide bonds. The van der Waals surface area contributed by atoms with Crippen LogP contribution >= 0.6 is 11.6 Å². The molecule has 1 heterocycles. The van der Waals surface area contributed by atoms with Crippen LogP contribution in [0.3, 0.4) is 0 Å². The molecular formula is C13H13ClN2O2. The average molecular weight is 265 g/mol. The fourth-order valence-corrected chi connectivity index (χ4v) is 1.66. The lowest BCUT2D eigenvalue weighted by atomic mass is 10.2. The van der Waals surface area contributed by atoms with Crippen LogP contribution in [-0.4, -0.2) is 17.1 Å². The molecule has 0 atom stereocenters. The van der Waals surface area contributed by atoms with Crippen molar-refractivity contribution in [1.29, 1.82) is 0 Å². The van der Waals surface area contributed by atoms with Gasteiger partial charge < -0.3 is 9.47 Å². The highest BCUT2D eigenvalue weighted by atomic mass is 35.5. The number of para-hydroxylation sites is 1. The number of hydrogen-bond acceptors (Lipinski definition) is 4. The Bertz CT molecular complexity index is 546. The molecule has 0 aliphatic carbocycles. The third-order valence-electron chi connectivity index (χ3n) is 2.30. The first-order valence-electron chi connectivity index (χ1n) is 5.45. The molecule has 0 saturated heterocycles. The van der Waals surface area contributed by atoms with Gasteiger partial charge in [-0.25, -0.2) is 4.98 Å². The number of aromatic nitrogens is 2. The molecule has 2 aromatic rings. The number of ether oxygens (including phenoxy) is 2. The Morgan fingerprint density at radius 2 is 2.00 bits per heavy atom. The molecule has 1 aromatic carbocycles. The second kappa shape index (κ2) is 5.80. The van der Waals surface area contributed by atoms with Crippen molar-refractivity contribution in [2.75, 3.05) is 7.11 Å². The molecule has 0 N–H and O–H groups in total. The molecule has 0 fully saturated rings. The summed E-state index contributed by atoms with van der Waals surface area (Å²) >= 11 is 5.91. The maximum Gasteiger partial charge on any atom is 0.224 e. The average Bonchev–Trinajstić information content (AvgIpc) is 2.32. The van der Waals surface area contributed by atoms with Crippen LogP contribution in [0.15, 0.2) is 30.3 Å². The number of rotatable bonds is 4. The van der Waals surface area contributed by atoms with Crippen molar-refractivity contribution in [3.05, 3.63) is 46.9 Å². The van der Waals surface area contributed by atoms with E-state index in [1.807, 2.05) is 31.2 Å². The molecule has 0 spiro atoms. The summed E-state index contributed by atoms with van der Waals surface area (Å²) in [5.41, 5.74) is 1.03. The van der Waals surface area contributed by atoms with Gasteiger partial charge in [0.05, 0.1) is 0 Å². The normalized spacial score (nSPS) is 10.4. The molecule has 0 aliphatic heterocycles. The third-order valence-corrected chi connectivity index (χ3v) is 2.49. The lowest BCUT2D eigenvalue weighted by Crippen LogP contribution is -1.99. The van der Waals surface area contributed by atoms with Crippen molar-refractivity contribution in [3.63, 3.8) is 0 Å². The zero-order chi connectivity index (χ0) is 13.0. The number of aryl methyl sites for hydroxylation is 1. The van der Waals surface area contributed by atoms with E-state index in [1.165, 1.54) is 0 Å². The van der Waals surface area contributed by atoms with Gasteiger partial charge in [-0.2, -0.15) is 4.98 Å². The van der Waals surface area contributed by atoms with E-state index in [4.69, 9.17) is 21.1 Å². The minimum Gasteiger partial charge on any atom is -0.439 e. The molecule has 0 bridgehead atoms. The minimum atomic E-state index is 0.296. The van der Waals surface area contributed by atoms with Gasteiger partial charge in [-0.3, -0.25) is 0 Å². The molecule has 0 saturated carbocycles. The summed E-state index contributed by atoms with van der Waals surface area (Å²) in [6.45, 7) is 2.26. The van der Waals surface area contributed by atoms with E-state index in [-0.39, 0.29) is 0 Å². The van der Waals surface area contributed by atoms with Crippen molar-refractivity contribution in [3.8, 4) is 11.6 Å². The van der Waals surface area contributed by atoms with E-state index in [1.54, 1.807) is 13.2 Å². The first-order valence-corrected chi connectivity index (χ1v) is 5.82. The first kappa shape index (κ1) is 12.8. The highest BCUT2D eigenvalue weighted by Crippen LogP contribution is 2.24. The van der Waals surface area contributed by atoms with Crippen molar-refractivity contribution < 1.29 is 9.47 Å². The van der Waals surface area contributed by atoms with Crippen LogP contribution in [0.2, 0.25) is 5.15 Å². The van der Waals surface area contributed by atoms with Gasteiger partial charge in [-0.15, -0.1) is 0 Å². The van der Waals surface area contributed by atoms with Gasteiger partial charge in [-0.05, 0) is 18.6 Å². The Hall–Kier alpha value is -1.65. The van der Waals surface area contributed by atoms with Crippen LogP contribution in [0.25, 0.3) is 0 Å². The fourth-order valence-electron chi connectivity index (χ4n) is 1.47. The summed E-state index contributed by atoms with van der Waals surface area (Å²) < 4.78 is 10.7. The smallest absolute Gasteiger partial charge is 0.224 e. The SMILES string of the molecule is COCc1nc(Cl)cc(Oc2ccccc2C)n1. The second-order valence-electron chi connectivity index (χ2n) is 3.75. The molecule has 5 heteroatoms. The Kier molecular flexibility index (Phi) is 4.12. The Labute approximate surface area is 111 Å². The van der Waals surface area contributed by atoms with Crippen molar-refractivity contribution in [1.82, 2.24) is 9.97 Å². The predicted molar refractivity (Wildman–Crippen MR) is 69.0 cm³/mol. The summed E-state index contributed by atoms with van der Waals surface area (Å²) in [5, 5.41) is 0.334. The van der Waals surface area contributed by atoms with Gasteiger partial charge in [0, 0.05) is 13.2 Å². The number of halogens is 1. The third kappa shape index (κ3) is 3.18. The topological polar surface area (TPSA) is 44.2 Å². The first-order chi connectivity index (χ1) is 8.69. The largest absolute Gasteiger partial charge is 0.439 e. The number of benzene rings is 1. The summed E-state index contributed by atoms with van der Waals surface area (Å²) in [7, 11) is 1.58. The molecule has 1 aromatic heterocycles. The van der Waals surface area contributed by atoms with Gasteiger partial charge in [0.1, 0.15) is 17.5 Å². The zero-order valence-electron chi connectivity index (χ0n) is 10.2. The lowest BCUT2D eigenvalue weighted by molar-refractivity contribution is 0.177. The van der Waals surface area contributed by atoms with Crippen LogP contribution in [-0.2, 0) is 11.3 Å². The van der Waals surface area contributed by atoms with E-state index >= 15 is 0 Å². The Balaban J connectivity index is 2.26. The van der Waals surface area contributed by atoms with Crippen LogP contribution in [0, 0.1) is 6.92 Å². The summed E-state index contributed by atoms with van der Waals surface area (Å²) in [5.74, 6) is 1.65. The Morgan fingerprint density at radius 3 is 2.72 bits per heavy atom. The molecule has 0 unspecified atom stereocenters. The minimum absolute atomic E-state index is 0.296. The van der Waals surface area contributed by atoms with Crippen LogP contribution in [0.5, 0.6) is 11.6 Å². The van der Waals surface area contributed by atoms with E-state index in [0.717, 1.165) is 11.3 Å². The number of hydrogen-bond donors (Lipinski definition) is 0. The highest BCUT2D eigenvalue weighted by Gasteiger charge is 2.06. The molecule has 0 aliphatic rings. The van der Waals surface area contributed by atoms with E-state index < -0.39 is 0 Å². The van der Waals surface area contributed by atoms with Gasteiger partial charge in [0.2, 0.25) is 5.88 Å². The molecule has 94 valence electrons. The Morgan fingerprint density at radius 1 is 1.22 bits per heavy atom. The maximum absolute atomic E-state index is 5.91. The summed E-state index contributed by atoms with van der Waals surface area (Å²) in [4.78, 5) is 8.25. The van der Waals surface area contributed by atoms with E-state index in [2.05, 4.69) is 9.97 Å². The fraction of sp³-hybridized carbons (Fsp3) is 0.231. The second-order valence-corrected chi connectivity index (χ2v) is 4.13. The van der Waals surface area contributed by atoms with Crippen LogP contribution < -0.4 is 4.74 Å². The number of nitrogens with zero attached hydrogens (tertiary/aromatic N) is 2. The molecule has 4 nitrogen and oxygen atoms in total. The van der Waals surface area contributed by atoms with E-state index in [0.29, 0.717) is 23.5 Å². The van der Waals surface area contributed by atoms with Gasteiger partial charge >= 0.3 is 0 Å². The van der Waals surface area contributed by atoms with Crippen molar-refractivity contribution >= 4 is 11.6 Å². The van der Waals surface area contributed by atoms with E-state index in [9.17, 15) is 0 Å². The summed E-state index contributed by atoms with van der Waals surface area (Å²) in [6, 6.07) is 9.27. The standard InChI is InChI=1S/C13H13ClN2O2/c1-9-5-3-4-6-10(9)18-13-7-11(14)15-12(16-13)8-17-2/h3-7H,8H2,1-2H3. The van der Waals surface area contributed by atoms with Gasteiger partial charge in [0.15, 0.2) is 5.82 Å². The van der Waals surface area contributed by atoms with Gasteiger partial charge in [0.25, 0.3) is 0 Å². The van der Waals surface area contributed by atoms with Crippen LogP contribution in [0.4, 0.5) is 0 Å². The lowest BCUT2D eigenvalue weighted by Gasteiger charge is -2.08. The molecule has 2 rings (SSSR count). The molecule has 0 radical (unpaired) electrons. The quantitative estimate of drug-likeness (QED) is 0.794. The number of methoxy groups -OCH3 is 1. The monoisotopic (exact) mass is 264 g/mol. The van der Waals surface area contributed by atoms with Gasteiger partial charge in [-0.1, -0.05) is 29.8 Å². The van der Waals surface area contributed by atoms with Crippen LogP contribution in [0.1, 0.15) is 11.4 Å². The molecule has 18 heavy (non-hydrogen) atoms.